The molecule has 2 amide bonds. The van der Waals surface area contributed by atoms with Gasteiger partial charge in [0, 0.05) is 10.7 Å². The monoisotopic (exact) mass is 416 g/mol. The smallest absolute Gasteiger partial charge is 0.329 e. The van der Waals surface area contributed by atoms with Crippen molar-refractivity contribution in [3.63, 3.8) is 0 Å². The minimum atomic E-state index is -0.837. The fraction of sp³-hybridized carbons (Fsp3) is 0.318. The van der Waals surface area contributed by atoms with Crippen LogP contribution in [-0.4, -0.2) is 30.4 Å². The van der Waals surface area contributed by atoms with E-state index < -0.39 is 24.5 Å². The Bertz CT molecular complexity index is 868. The van der Waals surface area contributed by atoms with Crippen molar-refractivity contribution in [3.8, 4) is 0 Å². The van der Waals surface area contributed by atoms with Crippen LogP contribution in [0.4, 0.5) is 5.69 Å². The zero-order valence-electron chi connectivity index (χ0n) is 16.7. The third-order valence-electron chi connectivity index (χ3n) is 4.25. The molecular weight excluding hydrogens is 392 g/mol. The van der Waals surface area contributed by atoms with Crippen molar-refractivity contribution in [1.29, 1.82) is 0 Å². The van der Waals surface area contributed by atoms with E-state index in [4.69, 9.17) is 16.3 Å². The van der Waals surface area contributed by atoms with Gasteiger partial charge in [-0.25, -0.2) is 4.79 Å². The fourth-order valence-corrected chi connectivity index (χ4v) is 2.91. The van der Waals surface area contributed by atoms with Crippen LogP contribution in [-0.2, 0) is 25.5 Å². The van der Waals surface area contributed by atoms with Crippen LogP contribution in [0.2, 0.25) is 5.02 Å². The van der Waals surface area contributed by atoms with Crippen LogP contribution in [0.3, 0.4) is 0 Å². The summed E-state index contributed by atoms with van der Waals surface area (Å²) >= 11 is 5.90. The first-order chi connectivity index (χ1) is 13.8. The maximum Gasteiger partial charge on any atom is 0.329 e. The van der Waals surface area contributed by atoms with E-state index in [2.05, 4.69) is 10.6 Å². The van der Waals surface area contributed by atoms with Gasteiger partial charge in [0.25, 0.3) is 5.91 Å². The molecule has 2 rings (SSSR count). The van der Waals surface area contributed by atoms with Gasteiger partial charge in [0.15, 0.2) is 6.61 Å². The molecule has 0 bridgehead atoms. The minimum absolute atomic E-state index is 0.160. The lowest BCUT2D eigenvalue weighted by molar-refractivity contribution is -0.151. The van der Waals surface area contributed by atoms with Gasteiger partial charge in [-0.3, -0.25) is 9.59 Å². The largest absolute Gasteiger partial charge is 0.454 e. The molecule has 2 aromatic rings. The Balaban J connectivity index is 1.88. The van der Waals surface area contributed by atoms with Gasteiger partial charge in [0.05, 0.1) is 6.42 Å². The summed E-state index contributed by atoms with van der Waals surface area (Å²) in [6.45, 7) is 4.96. The van der Waals surface area contributed by atoms with E-state index in [0.29, 0.717) is 10.7 Å². The van der Waals surface area contributed by atoms with E-state index in [-0.39, 0.29) is 18.2 Å². The van der Waals surface area contributed by atoms with Gasteiger partial charge in [-0.05, 0) is 42.2 Å². The summed E-state index contributed by atoms with van der Waals surface area (Å²) in [5.74, 6) is -1.59. The van der Waals surface area contributed by atoms with Crippen LogP contribution in [0, 0.1) is 12.8 Å². The molecule has 0 aliphatic heterocycles. The average Bonchev–Trinajstić information content (AvgIpc) is 2.67. The summed E-state index contributed by atoms with van der Waals surface area (Å²) in [4.78, 5) is 36.8. The fourth-order valence-electron chi connectivity index (χ4n) is 2.68. The highest BCUT2D eigenvalue weighted by molar-refractivity contribution is 6.30. The Labute approximate surface area is 175 Å². The second kappa shape index (κ2) is 10.6. The molecule has 0 radical (unpaired) electrons. The number of anilines is 1. The highest BCUT2D eigenvalue weighted by Gasteiger charge is 2.26. The van der Waals surface area contributed by atoms with E-state index in [9.17, 15) is 14.4 Å². The van der Waals surface area contributed by atoms with Crippen LogP contribution < -0.4 is 10.6 Å². The molecule has 6 nitrogen and oxygen atoms in total. The number of hydrogen-bond acceptors (Lipinski definition) is 4. The van der Waals surface area contributed by atoms with Crippen LogP contribution in [0.15, 0.2) is 48.5 Å². The first-order valence-corrected chi connectivity index (χ1v) is 9.70. The Morgan fingerprint density at radius 1 is 1.03 bits per heavy atom. The Morgan fingerprint density at radius 2 is 1.72 bits per heavy atom. The lowest BCUT2D eigenvalue weighted by Gasteiger charge is -2.21. The molecule has 7 heteroatoms. The number of carbonyl (C=O) groups excluding carboxylic acids is 3. The summed E-state index contributed by atoms with van der Waals surface area (Å²) in [6, 6.07) is 13.5. The van der Waals surface area contributed by atoms with Gasteiger partial charge in [0.1, 0.15) is 6.04 Å². The van der Waals surface area contributed by atoms with Crippen molar-refractivity contribution < 1.29 is 19.1 Å². The van der Waals surface area contributed by atoms with Crippen molar-refractivity contribution in [2.75, 3.05) is 11.9 Å². The van der Waals surface area contributed by atoms with Crippen molar-refractivity contribution in [2.45, 2.75) is 33.2 Å². The van der Waals surface area contributed by atoms with E-state index in [0.717, 1.165) is 11.1 Å². The van der Waals surface area contributed by atoms with Gasteiger partial charge in [-0.1, -0.05) is 55.8 Å². The highest BCUT2D eigenvalue weighted by Crippen LogP contribution is 2.19. The number of amides is 2. The number of halogens is 1. The summed E-state index contributed by atoms with van der Waals surface area (Å²) < 4.78 is 5.12. The van der Waals surface area contributed by atoms with Crippen molar-refractivity contribution >= 4 is 35.1 Å². The number of rotatable bonds is 8. The SMILES string of the molecule is Cc1cc(Cl)ccc1NC(=O)COC(=O)[C@@H](NC(=O)Cc1ccccc1)C(C)C. The molecule has 0 spiro atoms. The quantitative estimate of drug-likeness (QED) is 0.645. The third-order valence-corrected chi connectivity index (χ3v) is 4.49. The number of nitrogens with one attached hydrogen (secondary N) is 2. The Kier molecular flexibility index (Phi) is 8.21. The standard InChI is InChI=1S/C22H25ClN2O4/c1-14(2)21(25-19(26)12-16-7-5-4-6-8-16)22(28)29-13-20(27)24-18-10-9-17(23)11-15(18)3/h4-11,14,21H,12-13H2,1-3H3,(H,24,27)(H,25,26)/t21-/m0/s1. The first kappa shape index (κ1) is 22.4. The molecule has 0 saturated carbocycles. The summed E-state index contributed by atoms with van der Waals surface area (Å²) in [6.07, 6.45) is 0.160. The molecule has 1 atom stereocenters. The average molecular weight is 417 g/mol. The van der Waals surface area contributed by atoms with Gasteiger partial charge < -0.3 is 15.4 Å². The van der Waals surface area contributed by atoms with Crippen LogP contribution in [0.5, 0.6) is 0 Å². The van der Waals surface area contributed by atoms with Crippen LogP contribution in [0.1, 0.15) is 25.0 Å². The number of benzene rings is 2. The number of carbonyl (C=O) groups is 3. The topological polar surface area (TPSA) is 84.5 Å². The van der Waals surface area contributed by atoms with E-state index in [1.807, 2.05) is 37.3 Å². The molecule has 0 fully saturated rings. The molecule has 0 unspecified atom stereocenters. The zero-order valence-corrected chi connectivity index (χ0v) is 17.5. The van der Waals surface area contributed by atoms with E-state index in [1.165, 1.54) is 0 Å². The highest BCUT2D eigenvalue weighted by atomic mass is 35.5. The van der Waals surface area contributed by atoms with Crippen LogP contribution >= 0.6 is 11.6 Å². The van der Waals surface area contributed by atoms with Gasteiger partial charge in [-0.15, -0.1) is 0 Å². The zero-order chi connectivity index (χ0) is 21.4. The molecular formula is C22H25ClN2O4. The molecule has 0 aliphatic rings. The van der Waals surface area contributed by atoms with Gasteiger partial charge >= 0.3 is 5.97 Å². The lowest BCUT2D eigenvalue weighted by atomic mass is 10.0. The number of esters is 1. The first-order valence-electron chi connectivity index (χ1n) is 9.32. The van der Waals surface area contributed by atoms with Crippen LogP contribution in [0.25, 0.3) is 0 Å². The predicted octanol–water partition coefficient (Wildman–Crippen LogP) is 3.51. The van der Waals surface area contributed by atoms with Crippen molar-refractivity contribution in [2.24, 2.45) is 5.92 Å². The predicted molar refractivity (Wildman–Crippen MR) is 113 cm³/mol. The molecule has 0 saturated heterocycles. The molecule has 0 heterocycles. The van der Waals surface area contributed by atoms with E-state index >= 15 is 0 Å². The molecule has 2 N–H and O–H groups in total. The second-order valence-corrected chi connectivity index (χ2v) is 7.50. The normalized spacial score (nSPS) is 11.6. The van der Waals surface area contributed by atoms with Gasteiger partial charge in [0.2, 0.25) is 5.91 Å². The third kappa shape index (κ3) is 7.23. The Hall–Kier alpha value is -2.86. The molecule has 0 aliphatic carbocycles. The summed E-state index contributed by atoms with van der Waals surface area (Å²) in [5.41, 5.74) is 2.23. The molecule has 154 valence electrons. The number of ether oxygens (including phenoxy) is 1. The lowest BCUT2D eigenvalue weighted by Crippen LogP contribution is -2.46. The number of hydrogen-bond donors (Lipinski definition) is 2. The van der Waals surface area contributed by atoms with Gasteiger partial charge in [-0.2, -0.15) is 0 Å². The summed E-state index contributed by atoms with van der Waals surface area (Å²) in [5, 5.41) is 5.93. The maximum atomic E-state index is 12.4. The van der Waals surface area contributed by atoms with Crippen molar-refractivity contribution in [1.82, 2.24) is 5.32 Å². The van der Waals surface area contributed by atoms with Crippen molar-refractivity contribution in [3.05, 3.63) is 64.7 Å². The summed E-state index contributed by atoms with van der Waals surface area (Å²) in [7, 11) is 0. The number of aryl methyl sites for hydroxylation is 1. The second-order valence-electron chi connectivity index (χ2n) is 7.07. The van der Waals surface area contributed by atoms with E-state index in [1.54, 1.807) is 32.0 Å². The maximum absolute atomic E-state index is 12.4. The minimum Gasteiger partial charge on any atom is -0.454 e. The molecule has 0 aromatic heterocycles. The molecule has 29 heavy (non-hydrogen) atoms. The molecule has 2 aromatic carbocycles. The Morgan fingerprint density at radius 3 is 2.34 bits per heavy atom.